The van der Waals surface area contributed by atoms with Crippen LogP contribution in [0.25, 0.3) is 0 Å². The summed E-state index contributed by atoms with van der Waals surface area (Å²) in [6.07, 6.45) is 1.39. The molecule has 0 aliphatic carbocycles. The van der Waals surface area contributed by atoms with Crippen LogP contribution in [-0.4, -0.2) is 40.9 Å². The number of nitrogens with zero attached hydrogens (tertiary/aromatic N) is 3. The highest BCUT2D eigenvalue weighted by atomic mass is 32.1. The largest absolute Gasteiger partial charge is 0.500 e. The van der Waals surface area contributed by atoms with Crippen molar-refractivity contribution in [2.24, 2.45) is 5.10 Å². The third-order valence-corrected chi connectivity index (χ3v) is 3.85. The van der Waals surface area contributed by atoms with E-state index in [0.29, 0.717) is 23.0 Å². The number of thiazole rings is 1. The third kappa shape index (κ3) is 4.89. The van der Waals surface area contributed by atoms with Gasteiger partial charge in [0.1, 0.15) is 0 Å². The number of nitrogens with one attached hydrogen (secondary N) is 1. The van der Waals surface area contributed by atoms with Crippen molar-refractivity contribution < 1.29 is 24.3 Å². The number of esters is 1. The van der Waals surface area contributed by atoms with Crippen molar-refractivity contribution in [1.29, 1.82) is 0 Å². The number of nitro groups is 1. The van der Waals surface area contributed by atoms with Crippen molar-refractivity contribution in [3.05, 3.63) is 38.9 Å². The van der Waals surface area contributed by atoms with E-state index >= 15 is 0 Å². The van der Waals surface area contributed by atoms with Crippen LogP contribution in [0.2, 0.25) is 0 Å². The van der Waals surface area contributed by atoms with E-state index in [1.165, 1.54) is 30.7 Å². The minimum absolute atomic E-state index is 0.0355. The number of rotatable bonds is 8. The van der Waals surface area contributed by atoms with Crippen LogP contribution in [0, 0.1) is 10.1 Å². The monoisotopic (exact) mass is 380 g/mol. The minimum Gasteiger partial charge on any atom is -0.500 e. The average molecular weight is 380 g/mol. The van der Waals surface area contributed by atoms with Gasteiger partial charge in [-0.25, -0.2) is 4.98 Å². The van der Waals surface area contributed by atoms with Gasteiger partial charge in [0.2, 0.25) is 10.9 Å². The Kier molecular flexibility index (Phi) is 6.44. The number of hydrogen-bond donors (Lipinski definition) is 2. The van der Waals surface area contributed by atoms with Crippen LogP contribution >= 0.6 is 11.3 Å². The van der Waals surface area contributed by atoms with Gasteiger partial charge in [0.25, 0.3) is 0 Å². The van der Waals surface area contributed by atoms with E-state index in [0.717, 1.165) is 6.07 Å². The molecule has 2 aromatic rings. The lowest BCUT2D eigenvalue weighted by molar-refractivity contribution is -0.386. The summed E-state index contributed by atoms with van der Waals surface area (Å²) in [5.74, 6) is -0.950. The maximum absolute atomic E-state index is 11.4. The first-order valence-corrected chi connectivity index (χ1v) is 8.27. The first-order valence-electron chi connectivity index (χ1n) is 7.39. The quantitative estimate of drug-likeness (QED) is 0.308. The van der Waals surface area contributed by atoms with Crippen molar-refractivity contribution in [2.75, 3.05) is 19.1 Å². The number of carbonyl (C=O) groups is 1. The van der Waals surface area contributed by atoms with Gasteiger partial charge < -0.3 is 14.6 Å². The summed E-state index contributed by atoms with van der Waals surface area (Å²) in [6, 6.07) is 2.57. The van der Waals surface area contributed by atoms with Crippen molar-refractivity contribution in [3.63, 3.8) is 0 Å². The molecule has 0 saturated heterocycles. The van der Waals surface area contributed by atoms with Crippen LogP contribution in [0.4, 0.5) is 10.8 Å². The van der Waals surface area contributed by atoms with E-state index in [9.17, 15) is 20.0 Å². The van der Waals surface area contributed by atoms with Gasteiger partial charge >= 0.3 is 11.7 Å². The van der Waals surface area contributed by atoms with Gasteiger partial charge in [-0.15, -0.1) is 11.3 Å². The molecule has 0 fully saturated rings. The smallest absolute Gasteiger partial charge is 0.315 e. The molecule has 0 bridgehead atoms. The molecule has 2 rings (SSSR count). The summed E-state index contributed by atoms with van der Waals surface area (Å²) in [7, 11) is 1.29. The molecule has 0 amide bonds. The SMILES string of the molecule is CCOC(=O)Cc1csc(N/N=C\c2cc(OC)c(O)c([N+](=O)[O-])c2)n1. The number of phenolic OH excluding ortho intramolecular Hbond substituents is 1. The Bertz CT molecular complexity index is 836. The Morgan fingerprint density at radius 1 is 1.54 bits per heavy atom. The molecule has 0 aliphatic rings. The van der Waals surface area contributed by atoms with E-state index in [1.54, 1.807) is 12.3 Å². The van der Waals surface area contributed by atoms with Gasteiger partial charge in [-0.3, -0.25) is 20.3 Å². The number of ether oxygens (including phenoxy) is 2. The number of hydrogen-bond acceptors (Lipinski definition) is 10. The lowest BCUT2D eigenvalue weighted by atomic mass is 10.2. The maximum Gasteiger partial charge on any atom is 0.315 e. The van der Waals surface area contributed by atoms with Crippen molar-refractivity contribution >= 4 is 34.3 Å². The molecule has 0 radical (unpaired) electrons. The summed E-state index contributed by atoms with van der Waals surface area (Å²) in [6.45, 7) is 2.03. The summed E-state index contributed by atoms with van der Waals surface area (Å²) in [5, 5.41) is 26.8. The lowest BCUT2D eigenvalue weighted by Gasteiger charge is -2.04. The molecule has 0 unspecified atom stereocenters. The Balaban J connectivity index is 2.07. The molecule has 10 nitrogen and oxygen atoms in total. The summed E-state index contributed by atoms with van der Waals surface area (Å²) in [4.78, 5) is 25.8. The highest BCUT2D eigenvalue weighted by molar-refractivity contribution is 7.13. The number of nitro benzene ring substituents is 1. The number of hydrazone groups is 1. The van der Waals surface area contributed by atoms with Crippen LogP contribution in [0.3, 0.4) is 0 Å². The van der Waals surface area contributed by atoms with Gasteiger partial charge in [-0.1, -0.05) is 0 Å². The zero-order valence-electron chi connectivity index (χ0n) is 14.0. The summed E-state index contributed by atoms with van der Waals surface area (Å²) < 4.78 is 9.75. The number of aromatic hydroxyl groups is 1. The number of aromatic nitrogens is 1. The van der Waals surface area contributed by atoms with Gasteiger partial charge in [0, 0.05) is 17.0 Å². The van der Waals surface area contributed by atoms with Crippen LogP contribution in [0.15, 0.2) is 22.6 Å². The second-order valence-electron chi connectivity index (χ2n) is 4.84. The van der Waals surface area contributed by atoms with E-state index < -0.39 is 16.4 Å². The zero-order valence-corrected chi connectivity index (χ0v) is 14.8. The Morgan fingerprint density at radius 3 is 2.96 bits per heavy atom. The van der Waals surface area contributed by atoms with Gasteiger partial charge in [-0.05, 0) is 13.0 Å². The predicted octanol–water partition coefficient (Wildman–Crippen LogP) is 2.32. The molecule has 138 valence electrons. The van der Waals surface area contributed by atoms with E-state index in [-0.39, 0.29) is 18.1 Å². The second kappa shape index (κ2) is 8.76. The number of benzene rings is 1. The fraction of sp³-hybridized carbons (Fsp3) is 0.267. The molecule has 1 aromatic carbocycles. The zero-order chi connectivity index (χ0) is 19.1. The van der Waals surface area contributed by atoms with Crippen LogP contribution in [0.1, 0.15) is 18.2 Å². The predicted molar refractivity (Wildman–Crippen MR) is 95.0 cm³/mol. The molecule has 0 saturated carbocycles. The first-order chi connectivity index (χ1) is 12.4. The molecule has 11 heteroatoms. The number of methoxy groups -OCH3 is 1. The summed E-state index contributed by atoms with van der Waals surface area (Å²) in [5.41, 5.74) is 3.08. The molecule has 0 atom stereocenters. The Morgan fingerprint density at radius 2 is 2.31 bits per heavy atom. The topological polar surface area (TPSA) is 136 Å². The Hall–Kier alpha value is -3.21. The van der Waals surface area contributed by atoms with E-state index in [2.05, 4.69) is 15.5 Å². The van der Waals surface area contributed by atoms with Crippen molar-refractivity contribution in [2.45, 2.75) is 13.3 Å². The van der Waals surface area contributed by atoms with Crippen molar-refractivity contribution in [1.82, 2.24) is 4.98 Å². The highest BCUT2D eigenvalue weighted by Crippen LogP contribution is 2.36. The first kappa shape index (κ1) is 19.1. The Labute approximate surface area is 152 Å². The molecule has 26 heavy (non-hydrogen) atoms. The molecule has 0 spiro atoms. The van der Waals surface area contributed by atoms with Crippen LogP contribution in [-0.2, 0) is 16.0 Å². The molecule has 1 aromatic heterocycles. The normalized spacial score (nSPS) is 10.7. The molecular weight excluding hydrogens is 364 g/mol. The van der Waals surface area contributed by atoms with Crippen LogP contribution in [0.5, 0.6) is 11.5 Å². The van der Waals surface area contributed by atoms with Crippen LogP contribution < -0.4 is 10.2 Å². The number of anilines is 1. The number of phenols is 1. The number of carbonyl (C=O) groups excluding carboxylic acids is 1. The van der Waals surface area contributed by atoms with Crippen molar-refractivity contribution in [3.8, 4) is 11.5 Å². The molecule has 1 heterocycles. The molecule has 0 aliphatic heterocycles. The molecular formula is C15H16N4O6S. The lowest BCUT2D eigenvalue weighted by Crippen LogP contribution is -2.07. The third-order valence-electron chi connectivity index (χ3n) is 3.05. The minimum atomic E-state index is -0.717. The fourth-order valence-electron chi connectivity index (χ4n) is 1.94. The molecule has 2 N–H and O–H groups in total. The average Bonchev–Trinajstić information content (AvgIpc) is 3.03. The maximum atomic E-state index is 11.4. The highest BCUT2D eigenvalue weighted by Gasteiger charge is 2.19. The standard InChI is InChI=1S/C15H16N4O6S/c1-3-25-13(20)6-10-8-26-15(17-10)18-16-7-9-4-11(19(22)23)14(21)12(5-9)24-2/h4-5,7-8,21H,3,6H2,1-2H3,(H,17,18)/b16-7-. The van der Waals surface area contributed by atoms with Gasteiger partial charge in [0.05, 0.1) is 37.0 Å². The van der Waals surface area contributed by atoms with Gasteiger partial charge in [0.15, 0.2) is 5.75 Å². The van der Waals surface area contributed by atoms with E-state index in [1.807, 2.05) is 0 Å². The van der Waals surface area contributed by atoms with Gasteiger partial charge in [-0.2, -0.15) is 5.10 Å². The van der Waals surface area contributed by atoms with E-state index in [4.69, 9.17) is 9.47 Å². The summed E-state index contributed by atoms with van der Waals surface area (Å²) >= 11 is 1.25. The second-order valence-corrected chi connectivity index (χ2v) is 5.70. The fourth-order valence-corrected chi connectivity index (χ4v) is 2.60.